The van der Waals surface area contributed by atoms with Gasteiger partial charge in [0, 0.05) is 18.6 Å². The second kappa shape index (κ2) is 6.35. The lowest BCUT2D eigenvalue weighted by Gasteiger charge is -2.10. The zero-order chi connectivity index (χ0) is 17.2. The molecule has 7 heteroatoms. The van der Waals surface area contributed by atoms with Gasteiger partial charge in [-0.2, -0.15) is 5.10 Å². The summed E-state index contributed by atoms with van der Waals surface area (Å²) >= 11 is 0. The van der Waals surface area contributed by atoms with Crippen molar-refractivity contribution in [1.29, 1.82) is 0 Å². The molecule has 0 amide bonds. The number of nitrogens with zero attached hydrogens (tertiary/aromatic N) is 5. The van der Waals surface area contributed by atoms with Crippen LogP contribution in [0, 0.1) is 6.92 Å². The Kier molecular flexibility index (Phi) is 3.89. The van der Waals surface area contributed by atoms with Gasteiger partial charge in [0.15, 0.2) is 5.65 Å². The number of rotatable bonds is 5. The van der Waals surface area contributed by atoms with Crippen LogP contribution in [0.15, 0.2) is 42.7 Å². The maximum Gasteiger partial charge on any atom is 0.163 e. The lowest BCUT2D eigenvalue weighted by molar-refractivity contribution is 0.336. The van der Waals surface area contributed by atoms with Crippen molar-refractivity contribution >= 4 is 27.8 Å². The Balaban J connectivity index is 1.46. The first-order valence-corrected chi connectivity index (χ1v) is 8.09. The van der Waals surface area contributed by atoms with Crippen LogP contribution in [0.2, 0.25) is 0 Å². The van der Waals surface area contributed by atoms with E-state index in [-0.39, 0.29) is 0 Å². The first-order chi connectivity index (χ1) is 12.2. The molecule has 0 bridgehead atoms. The SMILES string of the molecule is Cc1nc(NCCOc2cccc3cccnc23)c2cnn(C)c2n1. The van der Waals surface area contributed by atoms with Crippen LogP contribution in [0.25, 0.3) is 21.9 Å². The van der Waals surface area contributed by atoms with Gasteiger partial charge < -0.3 is 10.1 Å². The molecule has 7 nitrogen and oxygen atoms in total. The molecule has 0 aliphatic heterocycles. The molecule has 0 atom stereocenters. The molecular weight excluding hydrogens is 316 g/mol. The van der Waals surface area contributed by atoms with Crippen molar-refractivity contribution in [3.8, 4) is 5.75 Å². The van der Waals surface area contributed by atoms with Crippen LogP contribution in [0.4, 0.5) is 5.82 Å². The molecule has 4 rings (SSSR count). The maximum atomic E-state index is 5.90. The Morgan fingerprint density at radius 1 is 1.16 bits per heavy atom. The number of hydrogen-bond acceptors (Lipinski definition) is 6. The fraction of sp³-hybridized carbons (Fsp3) is 0.222. The summed E-state index contributed by atoms with van der Waals surface area (Å²) in [4.78, 5) is 13.3. The Labute approximate surface area is 144 Å². The van der Waals surface area contributed by atoms with Crippen molar-refractivity contribution in [2.45, 2.75) is 6.92 Å². The summed E-state index contributed by atoms with van der Waals surface area (Å²) in [6.45, 7) is 2.99. The molecular formula is C18H18N6O. The van der Waals surface area contributed by atoms with Gasteiger partial charge in [-0.3, -0.25) is 9.67 Å². The predicted octanol–water partition coefficient (Wildman–Crippen LogP) is 2.71. The number of para-hydroxylation sites is 1. The third-order valence-corrected chi connectivity index (χ3v) is 3.95. The average Bonchev–Trinajstić information content (AvgIpc) is 3.00. The molecule has 4 aromatic rings. The third kappa shape index (κ3) is 2.96. The van der Waals surface area contributed by atoms with Crippen molar-refractivity contribution in [3.63, 3.8) is 0 Å². The van der Waals surface area contributed by atoms with Gasteiger partial charge in [0.2, 0.25) is 0 Å². The van der Waals surface area contributed by atoms with Gasteiger partial charge >= 0.3 is 0 Å². The topological polar surface area (TPSA) is 77.8 Å². The van der Waals surface area contributed by atoms with E-state index in [0.717, 1.165) is 33.5 Å². The Morgan fingerprint density at radius 3 is 2.96 bits per heavy atom. The number of aromatic nitrogens is 5. The molecule has 0 unspecified atom stereocenters. The highest BCUT2D eigenvalue weighted by molar-refractivity contribution is 5.86. The van der Waals surface area contributed by atoms with E-state index in [1.54, 1.807) is 17.1 Å². The second-order valence-electron chi connectivity index (χ2n) is 5.73. The van der Waals surface area contributed by atoms with Crippen molar-refractivity contribution in [1.82, 2.24) is 24.7 Å². The van der Waals surface area contributed by atoms with Crippen LogP contribution < -0.4 is 10.1 Å². The normalized spacial score (nSPS) is 11.1. The molecule has 3 heterocycles. The summed E-state index contributed by atoms with van der Waals surface area (Å²) in [5.41, 5.74) is 1.69. The zero-order valence-electron chi connectivity index (χ0n) is 14.1. The Morgan fingerprint density at radius 2 is 2.04 bits per heavy atom. The van der Waals surface area contributed by atoms with E-state index in [0.29, 0.717) is 19.0 Å². The van der Waals surface area contributed by atoms with Crippen molar-refractivity contribution in [2.75, 3.05) is 18.5 Å². The van der Waals surface area contributed by atoms with Gasteiger partial charge in [-0.25, -0.2) is 9.97 Å². The molecule has 1 aromatic carbocycles. The first-order valence-electron chi connectivity index (χ1n) is 8.09. The van der Waals surface area contributed by atoms with Crippen LogP contribution in [0.5, 0.6) is 5.75 Å². The van der Waals surface area contributed by atoms with E-state index >= 15 is 0 Å². The van der Waals surface area contributed by atoms with Gasteiger partial charge in [0.25, 0.3) is 0 Å². The number of hydrogen-bond donors (Lipinski definition) is 1. The molecule has 1 N–H and O–H groups in total. The molecule has 0 spiro atoms. The number of aryl methyl sites for hydroxylation is 2. The molecule has 0 aliphatic carbocycles. The number of benzene rings is 1. The van der Waals surface area contributed by atoms with Gasteiger partial charge in [-0.15, -0.1) is 0 Å². The van der Waals surface area contributed by atoms with E-state index in [4.69, 9.17) is 4.74 Å². The first kappa shape index (κ1) is 15.3. The van der Waals surface area contributed by atoms with E-state index in [1.165, 1.54) is 0 Å². The molecule has 0 radical (unpaired) electrons. The molecule has 3 aromatic heterocycles. The number of anilines is 1. The summed E-state index contributed by atoms with van der Waals surface area (Å²) in [5.74, 6) is 2.26. The van der Waals surface area contributed by atoms with Crippen LogP contribution in [-0.2, 0) is 7.05 Å². The molecule has 0 saturated carbocycles. The molecule has 126 valence electrons. The Bertz CT molecular complexity index is 1040. The average molecular weight is 334 g/mol. The monoisotopic (exact) mass is 334 g/mol. The van der Waals surface area contributed by atoms with Gasteiger partial charge in [0.1, 0.15) is 29.5 Å². The Hall–Kier alpha value is -3.22. The van der Waals surface area contributed by atoms with E-state index in [2.05, 4.69) is 25.4 Å². The number of nitrogens with one attached hydrogen (secondary N) is 1. The predicted molar refractivity (Wildman–Crippen MR) is 96.8 cm³/mol. The summed E-state index contributed by atoms with van der Waals surface area (Å²) in [6.07, 6.45) is 3.54. The smallest absolute Gasteiger partial charge is 0.163 e. The molecule has 0 saturated heterocycles. The summed E-state index contributed by atoms with van der Waals surface area (Å²) < 4.78 is 7.64. The second-order valence-corrected chi connectivity index (χ2v) is 5.73. The molecule has 0 aliphatic rings. The van der Waals surface area contributed by atoms with Crippen molar-refractivity contribution in [3.05, 3.63) is 48.5 Å². The standard InChI is InChI=1S/C18H18N6O/c1-12-22-17(14-11-21-24(2)18(14)23-12)20-9-10-25-15-7-3-5-13-6-4-8-19-16(13)15/h3-8,11H,9-10H2,1-2H3,(H,20,22,23). The lowest BCUT2D eigenvalue weighted by Crippen LogP contribution is -2.13. The lowest BCUT2D eigenvalue weighted by atomic mass is 10.2. The van der Waals surface area contributed by atoms with Crippen LogP contribution in [0.1, 0.15) is 5.82 Å². The largest absolute Gasteiger partial charge is 0.489 e. The van der Waals surface area contributed by atoms with Crippen LogP contribution in [-0.4, -0.2) is 37.9 Å². The van der Waals surface area contributed by atoms with Crippen molar-refractivity contribution in [2.24, 2.45) is 7.05 Å². The van der Waals surface area contributed by atoms with Crippen molar-refractivity contribution < 1.29 is 4.74 Å². The molecule has 0 fully saturated rings. The van der Waals surface area contributed by atoms with E-state index < -0.39 is 0 Å². The number of fused-ring (bicyclic) bond motifs is 2. The third-order valence-electron chi connectivity index (χ3n) is 3.95. The maximum absolute atomic E-state index is 5.90. The van der Waals surface area contributed by atoms with Gasteiger partial charge in [0.05, 0.1) is 18.1 Å². The highest BCUT2D eigenvalue weighted by atomic mass is 16.5. The van der Waals surface area contributed by atoms with Crippen LogP contribution >= 0.6 is 0 Å². The fourth-order valence-corrected chi connectivity index (χ4v) is 2.79. The number of ether oxygens (including phenoxy) is 1. The van der Waals surface area contributed by atoms with Crippen LogP contribution in [0.3, 0.4) is 0 Å². The van der Waals surface area contributed by atoms with E-state index in [9.17, 15) is 0 Å². The molecule has 25 heavy (non-hydrogen) atoms. The minimum absolute atomic E-state index is 0.500. The minimum Gasteiger partial charge on any atom is -0.489 e. The van der Waals surface area contributed by atoms with Gasteiger partial charge in [-0.1, -0.05) is 18.2 Å². The highest BCUT2D eigenvalue weighted by Gasteiger charge is 2.09. The highest BCUT2D eigenvalue weighted by Crippen LogP contribution is 2.23. The van der Waals surface area contributed by atoms with Gasteiger partial charge in [-0.05, 0) is 19.1 Å². The summed E-state index contributed by atoms with van der Waals surface area (Å²) in [6, 6.07) is 9.87. The van der Waals surface area contributed by atoms with E-state index in [1.807, 2.05) is 44.3 Å². The zero-order valence-corrected chi connectivity index (χ0v) is 14.1. The summed E-state index contributed by atoms with van der Waals surface area (Å²) in [5, 5.41) is 9.52. The minimum atomic E-state index is 0.500. The fourth-order valence-electron chi connectivity index (χ4n) is 2.79. The summed E-state index contributed by atoms with van der Waals surface area (Å²) in [7, 11) is 1.87. The quantitative estimate of drug-likeness (QED) is 0.566. The number of pyridine rings is 1.